The molecule has 2 atom stereocenters. The number of carbonyl (C=O) groups is 1. The van der Waals surface area contributed by atoms with Gasteiger partial charge in [-0.05, 0) is 20.5 Å². The molecule has 0 N–H and O–H groups in total. The molecule has 1 fully saturated rings. The Morgan fingerprint density at radius 2 is 2.27 bits per heavy atom. The van der Waals surface area contributed by atoms with E-state index in [1.807, 2.05) is 14.1 Å². The molecule has 64 valence electrons. The lowest BCUT2D eigenvalue weighted by Gasteiger charge is -2.07. The van der Waals surface area contributed by atoms with E-state index in [1.54, 1.807) is 0 Å². The first-order chi connectivity index (χ1) is 5.09. The van der Waals surface area contributed by atoms with Crippen LogP contribution in [0.2, 0.25) is 0 Å². The first kappa shape index (κ1) is 8.53. The Balaban J connectivity index is 2.11. The van der Waals surface area contributed by atoms with Crippen molar-refractivity contribution in [2.75, 3.05) is 20.6 Å². The molecule has 0 spiro atoms. The maximum Gasteiger partial charge on any atom is 0.302 e. The van der Waals surface area contributed by atoms with Gasteiger partial charge in [-0.2, -0.15) is 0 Å². The summed E-state index contributed by atoms with van der Waals surface area (Å²) in [6.45, 7) is 2.49. The smallest absolute Gasteiger partial charge is 0.302 e. The maximum atomic E-state index is 10.5. The van der Waals surface area contributed by atoms with Gasteiger partial charge in [-0.1, -0.05) is 0 Å². The number of carbonyl (C=O) groups excluding carboxylic acids is 1. The first-order valence-corrected chi connectivity index (χ1v) is 3.91. The molecular weight excluding hydrogens is 142 g/mol. The molecule has 3 heteroatoms. The highest BCUT2D eigenvalue weighted by molar-refractivity contribution is 5.66. The predicted octanol–water partition coefficient (Wildman–Crippen LogP) is 0.500. The minimum absolute atomic E-state index is 0.156. The molecule has 0 aliphatic heterocycles. The number of hydrogen-bond donors (Lipinski definition) is 0. The molecule has 0 saturated heterocycles. The largest absolute Gasteiger partial charge is 0.462 e. The van der Waals surface area contributed by atoms with Crippen molar-refractivity contribution in [3.63, 3.8) is 0 Å². The summed E-state index contributed by atoms with van der Waals surface area (Å²) >= 11 is 0. The van der Waals surface area contributed by atoms with Gasteiger partial charge < -0.3 is 9.64 Å². The molecule has 1 saturated carbocycles. The van der Waals surface area contributed by atoms with E-state index in [0.717, 1.165) is 13.0 Å². The fourth-order valence-corrected chi connectivity index (χ4v) is 1.24. The fraction of sp³-hybridized carbons (Fsp3) is 0.875. The van der Waals surface area contributed by atoms with Gasteiger partial charge >= 0.3 is 5.97 Å². The average molecular weight is 157 g/mol. The van der Waals surface area contributed by atoms with Crippen molar-refractivity contribution in [2.45, 2.75) is 19.4 Å². The molecule has 1 rings (SSSR count). The summed E-state index contributed by atoms with van der Waals surface area (Å²) in [6, 6.07) is 0. The summed E-state index contributed by atoms with van der Waals surface area (Å²) in [4.78, 5) is 12.6. The topological polar surface area (TPSA) is 29.5 Å². The van der Waals surface area contributed by atoms with Gasteiger partial charge in [0.15, 0.2) is 0 Å². The van der Waals surface area contributed by atoms with Gasteiger partial charge in [-0.15, -0.1) is 0 Å². The van der Waals surface area contributed by atoms with Gasteiger partial charge in [0.05, 0.1) is 0 Å². The van der Waals surface area contributed by atoms with Gasteiger partial charge in [-0.25, -0.2) is 0 Å². The standard InChI is InChI=1S/C8H15NO2/c1-6(10)11-8-4-7(8)5-9(2)3/h7-8H,4-5H2,1-3H3. The van der Waals surface area contributed by atoms with Crippen LogP contribution in [0.4, 0.5) is 0 Å². The van der Waals surface area contributed by atoms with Crippen LogP contribution < -0.4 is 0 Å². The third kappa shape index (κ3) is 2.89. The molecule has 3 nitrogen and oxygen atoms in total. The average Bonchev–Trinajstić information content (AvgIpc) is 2.43. The summed E-state index contributed by atoms with van der Waals surface area (Å²) in [5, 5.41) is 0. The predicted molar refractivity (Wildman–Crippen MR) is 42.2 cm³/mol. The van der Waals surface area contributed by atoms with E-state index in [1.165, 1.54) is 6.92 Å². The van der Waals surface area contributed by atoms with Gasteiger partial charge in [0.2, 0.25) is 0 Å². The summed E-state index contributed by atoms with van der Waals surface area (Å²) < 4.78 is 5.01. The normalized spacial score (nSPS) is 28.7. The second-order valence-electron chi connectivity index (χ2n) is 3.41. The van der Waals surface area contributed by atoms with Crippen LogP contribution in [-0.4, -0.2) is 37.6 Å². The summed E-state index contributed by atoms with van der Waals surface area (Å²) in [5.41, 5.74) is 0. The molecule has 2 unspecified atom stereocenters. The number of rotatable bonds is 3. The molecule has 0 amide bonds. The summed E-state index contributed by atoms with van der Waals surface area (Å²) in [5.74, 6) is 0.421. The van der Waals surface area contributed by atoms with Crippen LogP contribution in [0, 0.1) is 5.92 Å². The zero-order chi connectivity index (χ0) is 8.43. The van der Waals surface area contributed by atoms with Crippen LogP contribution in [0.25, 0.3) is 0 Å². The minimum Gasteiger partial charge on any atom is -0.462 e. The van der Waals surface area contributed by atoms with Crippen LogP contribution in [0.3, 0.4) is 0 Å². The van der Waals surface area contributed by atoms with E-state index < -0.39 is 0 Å². The zero-order valence-electron chi connectivity index (χ0n) is 7.33. The van der Waals surface area contributed by atoms with Crippen LogP contribution in [0.5, 0.6) is 0 Å². The second-order valence-corrected chi connectivity index (χ2v) is 3.41. The van der Waals surface area contributed by atoms with Gasteiger partial charge in [0.25, 0.3) is 0 Å². The molecule has 0 bridgehead atoms. The zero-order valence-corrected chi connectivity index (χ0v) is 7.33. The molecule has 0 aromatic rings. The van der Waals surface area contributed by atoms with Crippen molar-refractivity contribution in [1.82, 2.24) is 4.90 Å². The van der Waals surface area contributed by atoms with Crippen molar-refractivity contribution < 1.29 is 9.53 Å². The number of esters is 1. The maximum absolute atomic E-state index is 10.5. The van der Waals surface area contributed by atoms with E-state index in [0.29, 0.717) is 5.92 Å². The lowest BCUT2D eigenvalue weighted by molar-refractivity contribution is -0.142. The molecule has 0 aromatic carbocycles. The Morgan fingerprint density at radius 1 is 1.64 bits per heavy atom. The van der Waals surface area contributed by atoms with Crippen LogP contribution in [0.15, 0.2) is 0 Å². The van der Waals surface area contributed by atoms with Crippen LogP contribution in [-0.2, 0) is 9.53 Å². The Hall–Kier alpha value is -0.570. The Kier molecular flexibility index (Phi) is 2.49. The SMILES string of the molecule is CC(=O)OC1CC1CN(C)C. The molecule has 0 radical (unpaired) electrons. The van der Waals surface area contributed by atoms with Crippen molar-refractivity contribution in [2.24, 2.45) is 5.92 Å². The van der Waals surface area contributed by atoms with Crippen molar-refractivity contribution >= 4 is 5.97 Å². The lowest BCUT2D eigenvalue weighted by Crippen LogP contribution is -2.17. The van der Waals surface area contributed by atoms with Crippen LogP contribution in [0.1, 0.15) is 13.3 Å². The van der Waals surface area contributed by atoms with Crippen molar-refractivity contribution in [3.05, 3.63) is 0 Å². The quantitative estimate of drug-likeness (QED) is 0.559. The van der Waals surface area contributed by atoms with E-state index in [-0.39, 0.29) is 12.1 Å². The van der Waals surface area contributed by atoms with Gasteiger partial charge in [0, 0.05) is 19.4 Å². The molecule has 1 aliphatic carbocycles. The Labute approximate surface area is 67.3 Å². The summed E-state index contributed by atoms with van der Waals surface area (Å²) in [6.07, 6.45) is 1.24. The van der Waals surface area contributed by atoms with Gasteiger partial charge in [-0.3, -0.25) is 4.79 Å². The molecule has 0 heterocycles. The van der Waals surface area contributed by atoms with E-state index in [4.69, 9.17) is 4.74 Å². The number of hydrogen-bond acceptors (Lipinski definition) is 3. The summed E-state index contributed by atoms with van der Waals surface area (Å²) in [7, 11) is 4.06. The van der Waals surface area contributed by atoms with Crippen LogP contribution >= 0.6 is 0 Å². The highest BCUT2D eigenvalue weighted by Gasteiger charge is 2.40. The Bertz CT molecular complexity index is 156. The second kappa shape index (κ2) is 3.22. The number of ether oxygens (including phenoxy) is 1. The molecule has 11 heavy (non-hydrogen) atoms. The Morgan fingerprint density at radius 3 is 2.73 bits per heavy atom. The fourth-order valence-electron chi connectivity index (χ4n) is 1.24. The van der Waals surface area contributed by atoms with Gasteiger partial charge in [0.1, 0.15) is 6.10 Å². The third-order valence-electron chi connectivity index (χ3n) is 1.77. The number of nitrogens with zero attached hydrogens (tertiary/aromatic N) is 1. The van der Waals surface area contributed by atoms with Crippen molar-refractivity contribution in [1.29, 1.82) is 0 Å². The molecular formula is C8H15NO2. The molecule has 1 aliphatic rings. The lowest BCUT2D eigenvalue weighted by atomic mass is 10.4. The van der Waals surface area contributed by atoms with Crippen molar-refractivity contribution in [3.8, 4) is 0 Å². The van der Waals surface area contributed by atoms with E-state index in [9.17, 15) is 4.79 Å². The third-order valence-corrected chi connectivity index (χ3v) is 1.77. The van der Waals surface area contributed by atoms with E-state index in [2.05, 4.69) is 4.90 Å². The first-order valence-electron chi connectivity index (χ1n) is 3.91. The van der Waals surface area contributed by atoms with E-state index >= 15 is 0 Å². The highest BCUT2D eigenvalue weighted by atomic mass is 16.5. The minimum atomic E-state index is -0.156. The monoisotopic (exact) mass is 157 g/mol. The molecule has 0 aromatic heterocycles. The highest BCUT2D eigenvalue weighted by Crippen LogP contribution is 2.33.